The highest BCUT2D eigenvalue weighted by molar-refractivity contribution is 5.83. The van der Waals surface area contributed by atoms with Gasteiger partial charge in [0, 0.05) is 0 Å². The Morgan fingerprint density at radius 3 is 2.75 bits per heavy atom. The van der Waals surface area contributed by atoms with E-state index >= 15 is 0 Å². The molecule has 0 aliphatic heterocycles. The van der Waals surface area contributed by atoms with E-state index in [0.717, 1.165) is 0 Å². The van der Waals surface area contributed by atoms with Crippen molar-refractivity contribution in [2.45, 2.75) is 19.8 Å². The lowest BCUT2D eigenvalue weighted by Gasteiger charge is -2.06. The van der Waals surface area contributed by atoms with Crippen LogP contribution in [0.4, 0.5) is 0 Å². The van der Waals surface area contributed by atoms with Gasteiger partial charge in [-0.1, -0.05) is 12.1 Å². The Kier molecular flexibility index (Phi) is 2.56. The molecule has 0 amide bonds. The van der Waals surface area contributed by atoms with Crippen molar-refractivity contribution >= 4 is 16.8 Å². The van der Waals surface area contributed by atoms with Gasteiger partial charge >= 0.3 is 0 Å². The van der Waals surface area contributed by atoms with Gasteiger partial charge in [0.05, 0.1) is 17.0 Å². The second-order valence-electron chi connectivity index (χ2n) is 3.80. The summed E-state index contributed by atoms with van der Waals surface area (Å²) in [5.74, 6) is -0.526. The van der Waals surface area contributed by atoms with Crippen LogP contribution in [-0.2, 0) is 4.79 Å². The number of para-hydroxylation sites is 2. The van der Waals surface area contributed by atoms with E-state index < -0.39 is 5.92 Å². The molecule has 1 heterocycles. The monoisotopic (exact) mass is 216 g/mol. The largest absolute Gasteiger partial charge is 0.319 e. The highest BCUT2D eigenvalue weighted by Gasteiger charge is 2.16. The van der Waals surface area contributed by atoms with E-state index in [-0.39, 0.29) is 17.0 Å². The number of Topliss-reactive ketones (excluding diaryl/α,β-unsaturated/α-hetero) is 1. The minimum absolute atomic E-state index is 0.0618. The van der Waals surface area contributed by atoms with Crippen LogP contribution in [0.15, 0.2) is 29.1 Å². The van der Waals surface area contributed by atoms with Crippen molar-refractivity contribution in [1.29, 1.82) is 0 Å². The predicted octanol–water partition coefficient (Wildman–Crippen LogP) is 1.62. The molecule has 82 valence electrons. The zero-order chi connectivity index (χ0) is 11.7. The molecule has 16 heavy (non-hydrogen) atoms. The molecule has 1 atom stereocenters. The third-order valence-electron chi connectivity index (χ3n) is 2.65. The molecule has 4 nitrogen and oxygen atoms in total. The first-order chi connectivity index (χ1) is 7.59. The summed E-state index contributed by atoms with van der Waals surface area (Å²) in [5, 5.41) is 0. The number of H-pyrrole nitrogens is 1. The first kappa shape index (κ1) is 10.5. The van der Waals surface area contributed by atoms with E-state index in [1.54, 1.807) is 13.0 Å². The zero-order valence-electron chi connectivity index (χ0n) is 9.15. The molecule has 0 fully saturated rings. The third kappa shape index (κ3) is 1.74. The predicted molar refractivity (Wildman–Crippen MR) is 61.5 cm³/mol. The number of rotatable bonds is 2. The third-order valence-corrected chi connectivity index (χ3v) is 2.65. The van der Waals surface area contributed by atoms with Gasteiger partial charge in [-0.05, 0) is 26.0 Å². The van der Waals surface area contributed by atoms with Gasteiger partial charge in [-0.25, -0.2) is 4.98 Å². The SMILES string of the molecule is CC(=O)C(C)c1nc2ccccc2[nH]c1=O. The molecule has 2 rings (SSSR count). The van der Waals surface area contributed by atoms with E-state index in [0.29, 0.717) is 11.0 Å². The van der Waals surface area contributed by atoms with Crippen LogP contribution < -0.4 is 5.56 Å². The van der Waals surface area contributed by atoms with Crippen molar-refractivity contribution in [1.82, 2.24) is 9.97 Å². The second kappa shape index (κ2) is 3.89. The first-order valence-corrected chi connectivity index (χ1v) is 5.09. The van der Waals surface area contributed by atoms with Crippen LogP contribution in [0.1, 0.15) is 25.5 Å². The first-order valence-electron chi connectivity index (χ1n) is 5.09. The van der Waals surface area contributed by atoms with Crippen LogP contribution in [0.5, 0.6) is 0 Å². The van der Waals surface area contributed by atoms with E-state index in [4.69, 9.17) is 0 Å². The van der Waals surface area contributed by atoms with Gasteiger partial charge in [0.2, 0.25) is 0 Å². The number of ketones is 1. The molecule has 1 N–H and O–H groups in total. The van der Waals surface area contributed by atoms with Crippen molar-refractivity contribution in [3.63, 3.8) is 0 Å². The smallest absolute Gasteiger partial charge is 0.270 e. The van der Waals surface area contributed by atoms with Crippen LogP contribution in [-0.4, -0.2) is 15.8 Å². The summed E-state index contributed by atoms with van der Waals surface area (Å²) < 4.78 is 0. The Morgan fingerprint density at radius 2 is 2.06 bits per heavy atom. The number of benzene rings is 1. The Morgan fingerprint density at radius 1 is 1.38 bits per heavy atom. The second-order valence-corrected chi connectivity index (χ2v) is 3.80. The fourth-order valence-electron chi connectivity index (χ4n) is 1.53. The molecule has 2 aromatic rings. The molecule has 4 heteroatoms. The number of aromatic amines is 1. The number of nitrogens with zero attached hydrogens (tertiary/aromatic N) is 1. The number of nitrogens with one attached hydrogen (secondary N) is 1. The molecule has 0 radical (unpaired) electrons. The van der Waals surface area contributed by atoms with Gasteiger partial charge in [-0.2, -0.15) is 0 Å². The average Bonchev–Trinajstić information content (AvgIpc) is 2.27. The summed E-state index contributed by atoms with van der Waals surface area (Å²) in [6, 6.07) is 7.26. The lowest BCUT2D eigenvalue weighted by molar-refractivity contribution is -0.118. The molecule has 0 aliphatic carbocycles. The van der Waals surface area contributed by atoms with E-state index in [1.165, 1.54) is 6.92 Å². The lowest BCUT2D eigenvalue weighted by Crippen LogP contribution is -2.20. The molecule has 1 aromatic heterocycles. The maximum Gasteiger partial charge on any atom is 0.270 e. The van der Waals surface area contributed by atoms with E-state index in [1.807, 2.05) is 18.2 Å². The summed E-state index contributed by atoms with van der Waals surface area (Å²) in [4.78, 5) is 29.9. The van der Waals surface area contributed by atoms with Gasteiger partial charge in [0.15, 0.2) is 0 Å². The molecule has 0 bridgehead atoms. The van der Waals surface area contributed by atoms with E-state index in [9.17, 15) is 9.59 Å². The number of hydrogen-bond donors (Lipinski definition) is 1. The van der Waals surface area contributed by atoms with Gasteiger partial charge in [-0.15, -0.1) is 0 Å². The van der Waals surface area contributed by atoms with Gasteiger partial charge in [0.1, 0.15) is 11.5 Å². The fourth-order valence-corrected chi connectivity index (χ4v) is 1.53. The van der Waals surface area contributed by atoms with Crippen molar-refractivity contribution in [3.05, 3.63) is 40.3 Å². The molecular weight excluding hydrogens is 204 g/mol. The van der Waals surface area contributed by atoms with Gasteiger partial charge in [0.25, 0.3) is 5.56 Å². The standard InChI is InChI=1S/C12H12N2O2/c1-7(8(2)15)11-12(16)14-10-6-4-3-5-9(10)13-11/h3-7H,1-2H3,(H,14,16). The summed E-state index contributed by atoms with van der Waals surface area (Å²) in [6.07, 6.45) is 0. The average molecular weight is 216 g/mol. The van der Waals surface area contributed by atoms with Crippen molar-refractivity contribution in [3.8, 4) is 0 Å². The number of fused-ring (bicyclic) bond motifs is 1. The topological polar surface area (TPSA) is 62.8 Å². The van der Waals surface area contributed by atoms with Crippen LogP contribution in [0.25, 0.3) is 11.0 Å². The summed E-state index contributed by atoms with van der Waals surface area (Å²) >= 11 is 0. The van der Waals surface area contributed by atoms with Gasteiger partial charge in [-0.3, -0.25) is 9.59 Å². The van der Waals surface area contributed by atoms with Crippen molar-refractivity contribution in [2.75, 3.05) is 0 Å². The zero-order valence-corrected chi connectivity index (χ0v) is 9.15. The highest BCUT2D eigenvalue weighted by Crippen LogP contribution is 2.12. The summed E-state index contributed by atoms with van der Waals surface area (Å²) in [5.41, 5.74) is 1.38. The highest BCUT2D eigenvalue weighted by atomic mass is 16.1. The fraction of sp³-hybridized carbons (Fsp3) is 0.250. The number of hydrogen-bond acceptors (Lipinski definition) is 3. The van der Waals surface area contributed by atoms with Crippen molar-refractivity contribution < 1.29 is 4.79 Å². The molecule has 0 saturated carbocycles. The Hall–Kier alpha value is -1.97. The Labute approximate surface area is 92.3 Å². The van der Waals surface area contributed by atoms with Crippen LogP contribution in [0.2, 0.25) is 0 Å². The molecule has 1 unspecified atom stereocenters. The van der Waals surface area contributed by atoms with Crippen LogP contribution >= 0.6 is 0 Å². The molecule has 0 spiro atoms. The van der Waals surface area contributed by atoms with Crippen LogP contribution in [0.3, 0.4) is 0 Å². The lowest BCUT2D eigenvalue weighted by atomic mass is 10.0. The number of carbonyl (C=O) groups is 1. The van der Waals surface area contributed by atoms with E-state index in [2.05, 4.69) is 9.97 Å². The summed E-state index contributed by atoms with van der Waals surface area (Å²) in [6.45, 7) is 3.15. The Bertz CT molecular complexity index is 601. The molecule has 1 aromatic carbocycles. The number of aromatic nitrogens is 2. The minimum Gasteiger partial charge on any atom is -0.319 e. The maximum atomic E-state index is 11.7. The van der Waals surface area contributed by atoms with Crippen molar-refractivity contribution in [2.24, 2.45) is 0 Å². The molecular formula is C12H12N2O2. The molecule has 0 aliphatic rings. The molecule has 0 saturated heterocycles. The summed E-state index contributed by atoms with van der Waals surface area (Å²) in [7, 11) is 0. The number of carbonyl (C=O) groups excluding carboxylic acids is 1. The maximum absolute atomic E-state index is 11.7. The van der Waals surface area contributed by atoms with Gasteiger partial charge < -0.3 is 4.98 Å². The van der Waals surface area contributed by atoms with Crippen LogP contribution in [0, 0.1) is 0 Å². The minimum atomic E-state index is -0.464. The Balaban J connectivity index is 2.67. The normalized spacial score (nSPS) is 12.6. The quantitative estimate of drug-likeness (QED) is 0.829.